The van der Waals surface area contributed by atoms with Crippen LogP contribution >= 0.6 is 0 Å². The lowest BCUT2D eigenvalue weighted by atomic mass is 10.1. The molecule has 0 atom stereocenters. The molecular formula is C14H16N4. The van der Waals surface area contributed by atoms with E-state index < -0.39 is 0 Å². The molecule has 0 fully saturated rings. The lowest BCUT2D eigenvalue weighted by Crippen LogP contribution is -2.04. The second-order valence-corrected chi connectivity index (χ2v) is 4.20. The van der Waals surface area contributed by atoms with Gasteiger partial charge in [0.05, 0.1) is 5.69 Å². The van der Waals surface area contributed by atoms with Crippen molar-refractivity contribution in [2.45, 2.75) is 26.3 Å². The van der Waals surface area contributed by atoms with E-state index in [1.165, 1.54) is 0 Å². The van der Waals surface area contributed by atoms with E-state index in [1.807, 2.05) is 30.3 Å². The maximum absolute atomic E-state index is 9.18. The van der Waals surface area contributed by atoms with Crippen LogP contribution in [0.2, 0.25) is 0 Å². The SMILES string of the molecule is CCCn1nc(Cc2ccccc2)c(C#N)c1N. The Hall–Kier alpha value is -2.28. The van der Waals surface area contributed by atoms with Gasteiger partial charge in [0, 0.05) is 13.0 Å². The summed E-state index contributed by atoms with van der Waals surface area (Å²) < 4.78 is 1.72. The highest BCUT2D eigenvalue weighted by Gasteiger charge is 2.14. The second kappa shape index (κ2) is 5.37. The van der Waals surface area contributed by atoms with Gasteiger partial charge in [0.25, 0.3) is 0 Å². The number of hydrogen-bond donors (Lipinski definition) is 1. The van der Waals surface area contributed by atoms with Gasteiger partial charge in [0.15, 0.2) is 0 Å². The summed E-state index contributed by atoms with van der Waals surface area (Å²) in [5.74, 6) is 0.477. The van der Waals surface area contributed by atoms with Crippen molar-refractivity contribution in [1.82, 2.24) is 9.78 Å². The molecular weight excluding hydrogens is 224 g/mol. The van der Waals surface area contributed by atoms with Crippen LogP contribution in [0, 0.1) is 11.3 Å². The van der Waals surface area contributed by atoms with Gasteiger partial charge in [0.1, 0.15) is 17.5 Å². The fourth-order valence-electron chi connectivity index (χ4n) is 1.94. The van der Waals surface area contributed by atoms with Crippen molar-refractivity contribution in [1.29, 1.82) is 5.26 Å². The molecule has 92 valence electrons. The highest BCUT2D eigenvalue weighted by Crippen LogP contribution is 2.19. The zero-order valence-corrected chi connectivity index (χ0v) is 10.4. The quantitative estimate of drug-likeness (QED) is 0.891. The third-order valence-corrected chi connectivity index (χ3v) is 2.83. The first-order chi connectivity index (χ1) is 8.76. The summed E-state index contributed by atoms with van der Waals surface area (Å²) >= 11 is 0. The van der Waals surface area contributed by atoms with Crippen LogP contribution in [0.3, 0.4) is 0 Å². The summed E-state index contributed by atoms with van der Waals surface area (Å²) in [4.78, 5) is 0. The first-order valence-corrected chi connectivity index (χ1v) is 6.05. The molecule has 0 aliphatic rings. The minimum Gasteiger partial charge on any atom is -0.383 e. The number of benzene rings is 1. The zero-order chi connectivity index (χ0) is 13.0. The van der Waals surface area contributed by atoms with Crippen LogP contribution in [0.4, 0.5) is 5.82 Å². The van der Waals surface area contributed by atoms with E-state index in [4.69, 9.17) is 5.73 Å². The van der Waals surface area contributed by atoms with Gasteiger partial charge in [-0.1, -0.05) is 37.3 Å². The topological polar surface area (TPSA) is 67.6 Å². The fourth-order valence-corrected chi connectivity index (χ4v) is 1.94. The Labute approximate surface area is 107 Å². The van der Waals surface area contributed by atoms with Crippen molar-refractivity contribution in [3.63, 3.8) is 0 Å². The Morgan fingerprint density at radius 1 is 1.33 bits per heavy atom. The third kappa shape index (κ3) is 2.35. The predicted molar refractivity (Wildman–Crippen MR) is 70.9 cm³/mol. The van der Waals surface area contributed by atoms with Gasteiger partial charge in [-0.15, -0.1) is 0 Å². The van der Waals surface area contributed by atoms with Gasteiger partial charge in [0.2, 0.25) is 0 Å². The summed E-state index contributed by atoms with van der Waals surface area (Å²) in [7, 11) is 0. The molecule has 2 aromatic rings. The van der Waals surface area contributed by atoms with E-state index in [0.29, 0.717) is 17.8 Å². The first kappa shape index (κ1) is 12.2. The molecule has 0 unspecified atom stereocenters. The van der Waals surface area contributed by atoms with E-state index in [9.17, 15) is 5.26 Å². The summed E-state index contributed by atoms with van der Waals surface area (Å²) in [5, 5.41) is 13.6. The predicted octanol–water partition coefficient (Wildman–Crippen LogP) is 2.34. The van der Waals surface area contributed by atoms with Crippen molar-refractivity contribution in [3.05, 3.63) is 47.2 Å². The van der Waals surface area contributed by atoms with Gasteiger partial charge in [-0.05, 0) is 12.0 Å². The van der Waals surface area contributed by atoms with Crippen molar-refractivity contribution >= 4 is 5.82 Å². The van der Waals surface area contributed by atoms with Gasteiger partial charge >= 0.3 is 0 Å². The lowest BCUT2D eigenvalue weighted by molar-refractivity contribution is 0.604. The average Bonchev–Trinajstić information content (AvgIpc) is 2.67. The molecule has 4 nitrogen and oxygen atoms in total. The lowest BCUT2D eigenvalue weighted by Gasteiger charge is -1.99. The number of nitrogen functional groups attached to an aromatic ring is 1. The molecule has 1 heterocycles. The van der Waals surface area contributed by atoms with Gasteiger partial charge < -0.3 is 5.73 Å². The van der Waals surface area contributed by atoms with Crippen LogP contribution in [-0.2, 0) is 13.0 Å². The standard InChI is InChI=1S/C14H16N4/c1-2-8-18-14(16)12(10-15)13(17-18)9-11-6-4-3-5-7-11/h3-7H,2,8-9,16H2,1H3. The summed E-state index contributed by atoms with van der Waals surface area (Å²) in [6.07, 6.45) is 1.59. The highest BCUT2D eigenvalue weighted by molar-refractivity contribution is 5.53. The molecule has 2 N–H and O–H groups in total. The molecule has 0 saturated carbocycles. The van der Waals surface area contributed by atoms with Crippen molar-refractivity contribution < 1.29 is 0 Å². The molecule has 0 amide bonds. The molecule has 0 aliphatic carbocycles. The third-order valence-electron chi connectivity index (χ3n) is 2.83. The molecule has 4 heteroatoms. The number of anilines is 1. The van der Waals surface area contributed by atoms with Crippen molar-refractivity contribution in [2.75, 3.05) is 5.73 Å². The van der Waals surface area contributed by atoms with Crippen LogP contribution in [0.15, 0.2) is 30.3 Å². The summed E-state index contributed by atoms with van der Waals surface area (Å²) in [5.41, 5.74) is 8.33. The molecule has 1 aromatic heterocycles. The molecule has 0 saturated heterocycles. The summed E-state index contributed by atoms with van der Waals surface area (Å²) in [6.45, 7) is 2.80. The maximum Gasteiger partial charge on any atom is 0.140 e. The molecule has 0 radical (unpaired) electrons. The van der Waals surface area contributed by atoms with Gasteiger partial charge in [-0.25, -0.2) is 4.68 Å². The fraction of sp³-hybridized carbons (Fsp3) is 0.286. The molecule has 0 spiro atoms. The second-order valence-electron chi connectivity index (χ2n) is 4.20. The maximum atomic E-state index is 9.18. The number of nitriles is 1. The van der Waals surface area contributed by atoms with E-state index in [2.05, 4.69) is 18.1 Å². The van der Waals surface area contributed by atoms with E-state index in [-0.39, 0.29) is 0 Å². The Bertz CT molecular complexity index is 563. The number of hydrogen-bond acceptors (Lipinski definition) is 3. The van der Waals surface area contributed by atoms with Crippen molar-refractivity contribution in [3.8, 4) is 6.07 Å². The van der Waals surface area contributed by atoms with Crippen LogP contribution < -0.4 is 5.73 Å². The average molecular weight is 240 g/mol. The van der Waals surface area contributed by atoms with E-state index in [0.717, 1.165) is 24.2 Å². The molecule has 2 rings (SSSR count). The van der Waals surface area contributed by atoms with Gasteiger partial charge in [-0.2, -0.15) is 10.4 Å². The molecule has 1 aromatic carbocycles. The number of aromatic nitrogens is 2. The Kier molecular flexibility index (Phi) is 3.63. The Balaban J connectivity index is 2.33. The zero-order valence-electron chi connectivity index (χ0n) is 10.4. The van der Waals surface area contributed by atoms with E-state index in [1.54, 1.807) is 4.68 Å². The Morgan fingerprint density at radius 2 is 2.06 bits per heavy atom. The number of nitrogens with zero attached hydrogens (tertiary/aromatic N) is 3. The minimum atomic E-state index is 0.477. The number of aryl methyl sites for hydroxylation is 1. The monoisotopic (exact) mass is 240 g/mol. The normalized spacial score (nSPS) is 10.2. The van der Waals surface area contributed by atoms with Crippen LogP contribution in [0.25, 0.3) is 0 Å². The van der Waals surface area contributed by atoms with Gasteiger partial charge in [-0.3, -0.25) is 0 Å². The van der Waals surface area contributed by atoms with Crippen molar-refractivity contribution in [2.24, 2.45) is 0 Å². The van der Waals surface area contributed by atoms with E-state index >= 15 is 0 Å². The Morgan fingerprint density at radius 3 is 2.67 bits per heavy atom. The van der Waals surface area contributed by atoms with Crippen LogP contribution in [0.1, 0.15) is 30.2 Å². The van der Waals surface area contributed by atoms with Crippen LogP contribution in [-0.4, -0.2) is 9.78 Å². The minimum absolute atomic E-state index is 0.477. The summed E-state index contributed by atoms with van der Waals surface area (Å²) in [6, 6.07) is 12.1. The largest absolute Gasteiger partial charge is 0.383 e. The smallest absolute Gasteiger partial charge is 0.140 e. The molecule has 0 aliphatic heterocycles. The van der Waals surface area contributed by atoms with Crippen LogP contribution in [0.5, 0.6) is 0 Å². The first-order valence-electron chi connectivity index (χ1n) is 6.05. The molecule has 0 bridgehead atoms. The number of nitrogens with two attached hydrogens (primary N) is 1. The number of rotatable bonds is 4. The molecule has 18 heavy (non-hydrogen) atoms. The highest BCUT2D eigenvalue weighted by atomic mass is 15.3.